The number of nitrogens with two attached hydrogens (primary N) is 1. The van der Waals surface area contributed by atoms with Gasteiger partial charge in [0.1, 0.15) is 5.01 Å². The first-order valence-corrected chi connectivity index (χ1v) is 11.8. The lowest BCUT2D eigenvalue weighted by molar-refractivity contribution is 0.100. The zero-order valence-corrected chi connectivity index (χ0v) is 18.4. The predicted molar refractivity (Wildman–Crippen MR) is 115 cm³/mol. The number of hydrogen-bond donors (Lipinski definition) is 2. The summed E-state index contributed by atoms with van der Waals surface area (Å²) < 4.78 is 13.8. The van der Waals surface area contributed by atoms with Gasteiger partial charge < -0.3 is 11.1 Å². The van der Waals surface area contributed by atoms with E-state index < -0.39 is 16.7 Å². The van der Waals surface area contributed by atoms with Crippen molar-refractivity contribution in [3.8, 4) is 10.6 Å². The van der Waals surface area contributed by atoms with Gasteiger partial charge in [0.15, 0.2) is 0 Å². The fourth-order valence-electron chi connectivity index (χ4n) is 3.89. The Balaban J connectivity index is 1.80. The second kappa shape index (κ2) is 7.17. The molecule has 0 saturated heterocycles. The van der Waals surface area contributed by atoms with Crippen LogP contribution in [0, 0.1) is 11.3 Å². The molecule has 1 saturated carbocycles. The standard InChI is InChI=1S/C19H24N6O2S2/c1-10-5-6-14(19(10,2)3)22-15-12(16(20)26)8-21-25-9-11(7-13(15)25)17-23-24-18(28-17)29(4)27/h7-10,14,22H,5-6H2,1-4H3,(H2,20,26)/t10-,14-,29?/m1/s1. The van der Waals surface area contributed by atoms with Crippen LogP contribution in [0.1, 0.15) is 44.0 Å². The van der Waals surface area contributed by atoms with E-state index in [4.69, 9.17) is 5.73 Å². The monoisotopic (exact) mass is 432 g/mol. The number of anilines is 1. The van der Waals surface area contributed by atoms with Crippen LogP contribution in [-0.4, -0.2) is 42.2 Å². The van der Waals surface area contributed by atoms with Crippen LogP contribution in [0.5, 0.6) is 0 Å². The maximum absolute atomic E-state index is 12.1. The summed E-state index contributed by atoms with van der Waals surface area (Å²) in [5.41, 5.74) is 8.34. The smallest absolute Gasteiger partial charge is 0.252 e. The maximum Gasteiger partial charge on any atom is 0.252 e. The number of aromatic nitrogens is 4. The first-order valence-electron chi connectivity index (χ1n) is 9.43. The molecule has 0 aromatic carbocycles. The van der Waals surface area contributed by atoms with Crippen LogP contribution in [0.15, 0.2) is 22.8 Å². The molecule has 3 atom stereocenters. The lowest BCUT2D eigenvalue weighted by atomic mass is 9.80. The van der Waals surface area contributed by atoms with Crippen LogP contribution >= 0.6 is 11.3 Å². The van der Waals surface area contributed by atoms with Crippen LogP contribution in [0.3, 0.4) is 0 Å². The zero-order valence-electron chi connectivity index (χ0n) is 16.8. The molecule has 154 valence electrons. The van der Waals surface area contributed by atoms with Gasteiger partial charge in [-0.15, -0.1) is 10.2 Å². The van der Waals surface area contributed by atoms with Crippen LogP contribution in [0.4, 0.5) is 5.69 Å². The summed E-state index contributed by atoms with van der Waals surface area (Å²) in [6, 6.07) is 2.13. The highest BCUT2D eigenvalue weighted by Gasteiger charge is 2.41. The molecule has 3 aromatic rings. The van der Waals surface area contributed by atoms with Crippen LogP contribution < -0.4 is 11.1 Å². The molecule has 3 aromatic heterocycles. The summed E-state index contributed by atoms with van der Waals surface area (Å²) in [5, 5.41) is 16.7. The average molecular weight is 433 g/mol. The molecule has 1 aliphatic rings. The van der Waals surface area contributed by atoms with Gasteiger partial charge in [0.05, 0.1) is 33.8 Å². The molecule has 3 heterocycles. The SMILES string of the molecule is C[C@@H]1CC[C@@H](Nc2c(C(N)=O)cnn3cc(-c4nnc(S(C)=O)s4)cc23)C1(C)C. The molecule has 1 fully saturated rings. The van der Waals surface area contributed by atoms with E-state index in [1.807, 2.05) is 12.3 Å². The van der Waals surface area contributed by atoms with E-state index in [0.29, 0.717) is 26.5 Å². The third-order valence-electron chi connectivity index (χ3n) is 6.18. The van der Waals surface area contributed by atoms with Gasteiger partial charge in [-0.2, -0.15) is 5.10 Å². The quantitative estimate of drug-likeness (QED) is 0.640. The molecule has 1 amide bonds. The molecule has 3 N–H and O–H groups in total. The third-order valence-corrected chi connectivity index (χ3v) is 8.47. The van der Waals surface area contributed by atoms with Crippen molar-refractivity contribution >= 4 is 39.2 Å². The van der Waals surface area contributed by atoms with Crippen molar-refractivity contribution in [1.82, 2.24) is 19.8 Å². The van der Waals surface area contributed by atoms with Gasteiger partial charge in [0.2, 0.25) is 4.34 Å². The van der Waals surface area contributed by atoms with E-state index in [1.54, 1.807) is 10.8 Å². The first-order chi connectivity index (χ1) is 13.7. The minimum absolute atomic E-state index is 0.0872. The molecule has 4 rings (SSSR count). The number of amides is 1. The molecule has 0 bridgehead atoms. The third kappa shape index (κ3) is 3.44. The highest BCUT2D eigenvalue weighted by molar-refractivity contribution is 7.86. The van der Waals surface area contributed by atoms with Gasteiger partial charge in [-0.1, -0.05) is 32.1 Å². The topological polar surface area (TPSA) is 115 Å². The second-order valence-corrected chi connectivity index (χ2v) is 10.7. The minimum atomic E-state index is -1.18. The number of nitrogens with zero attached hydrogens (tertiary/aromatic N) is 4. The lowest BCUT2D eigenvalue weighted by Gasteiger charge is -2.33. The molecule has 8 nitrogen and oxygen atoms in total. The molecule has 0 spiro atoms. The number of rotatable bonds is 5. The van der Waals surface area contributed by atoms with Crippen molar-refractivity contribution in [2.24, 2.45) is 17.1 Å². The Bertz CT molecular complexity index is 1120. The highest BCUT2D eigenvalue weighted by atomic mass is 32.2. The number of primary amides is 1. The summed E-state index contributed by atoms with van der Waals surface area (Å²) >= 11 is 1.28. The molecule has 0 radical (unpaired) electrons. The summed E-state index contributed by atoms with van der Waals surface area (Å²) in [5.74, 6) is 0.0562. The van der Waals surface area contributed by atoms with Crippen molar-refractivity contribution in [2.45, 2.75) is 44.0 Å². The van der Waals surface area contributed by atoms with Crippen molar-refractivity contribution in [3.05, 3.63) is 24.0 Å². The van der Waals surface area contributed by atoms with Gasteiger partial charge in [0, 0.05) is 24.1 Å². The Morgan fingerprint density at radius 1 is 1.38 bits per heavy atom. The summed E-state index contributed by atoms with van der Waals surface area (Å²) in [7, 11) is -1.18. The van der Waals surface area contributed by atoms with E-state index in [9.17, 15) is 9.00 Å². The Morgan fingerprint density at radius 3 is 2.72 bits per heavy atom. The minimum Gasteiger partial charge on any atom is -0.379 e. The second-order valence-electron chi connectivity index (χ2n) is 8.18. The summed E-state index contributed by atoms with van der Waals surface area (Å²) in [6.45, 7) is 6.77. The number of nitrogens with one attached hydrogen (secondary N) is 1. The molecule has 10 heteroatoms. The predicted octanol–water partition coefficient (Wildman–Crippen LogP) is 2.93. The average Bonchev–Trinajstić information content (AvgIpc) is 3.35. The maximum atomic E-state index is 12.1. The molecule has 29 heavy (non-hydrogen) atoms. The van der Waals surface area contributed by atoms with Gasteiger partial charge in [-0.25, -0.2) is 4.52 Å². The largest absolute Gasteiger partial charge is 0.379 e. The van der Waals surface area contributed by atoms with E-state index in [0.717, 1.165) is 23.9 Å². The van der Waals surface area contributed by atoms with E-state index in [2.05, 4.69) is 41.4 Å². The van der Waals surface area contributed by atoms with Gasteiger partial charge in [-0.3, -0.25) is 9.00 Å². The number of hydrogen-bond acceptors (Lipinski definition) is 7. The van der Waals surface area contributed by atoms with Crippen molar-refractivity contribution < 1.29 is 9.00 Å². The first kappa shape index (κ1) is 20.0. The fourth-order valence-corrected chi connectivity index (χ4v) is 5.31. The fraction of sp³-hybridized carbons (Fsp3) is 0.474. The lowest BCUT2D eigenvalue weighted by Crippen LogP contribution is -2.35. The van der Waals surface area contributed by atoms with Crippen molar-refractivity contribution in [1.29, 1.82) is 0 Å². The molecule has 1 aliphatic carbocycles. The number of carbonyl (C=O) groups is 1. The Morgan fingerprint density at radius 2 is 2.14 bits per heavy atom. The van der Waals surface area contributed by atoms with Crippen LogP contribution in [0.25, 0.3) is 16.1 Å². The molecule has 1 unspecified atom stereocenters. The summed E-state index contributed by atoms with van der Waals surface area (Å²) in [4.78, 5) is 12.1. The Hall–Kier alpha value is -2.33. The van der Waals surface area contributed by atoms with Crippen LogP contribution in [0.2, 0.25) is 0 Å². The highest BCUT2D eigenvalue weighted by Crippen LogP contribution is 2.44. The van der Waals surface area contributed by atoms with Crippen molar-refractivity contribution in [3.63, 3.8) is 0 Å². The molecule has 0 aliphatic heterocycles. The van der Waals surface area contributed by atoms with Crippen LogP contribution in [-0.2, 0) is 10.8 Å². The number of fused-ring (bicyclic) bond motifs is 1. The van der Waals surface area contributed by atoms with Crippen molar-refractivity contribution in [2.75, 3.05) is 11.6 Å². The van der Waals surface area contributed by atoms with E-state index in [1.165, 1.54) is 17.5 Å². The molecular formula is C19H24N6O2S2. The van der Waals surface area contributed by atoms with E-state index in [-0.39, 0.29) is 11.5 Å². The molecular weight excluding hydrogens is 408 g/mol. The normalized spacial score (nSPS) is 22.1. The van der Waals surface area contributed by atoms with E-state index >= 15 is 0 Å². The zero-order chi connectivity index (χ0) is 20.9. The van der Waals surface area contributed by atoms with Gasteiger partial charge >= 0.3 is 0 Å². The van der Waals surface area contributed by atoms with Gasteiger partial charge in [0.25, 0.3) is 5.91 Å². The summed E-state index contributed by atoms with van der Waals surface area (Å²) in [6.07, 6.45) is 7.06. The van der Waals surface area contributed by atoms with Gasteiger partial charge in [-0.05, 0) is 30.2 Å². The number of carbonyl (C=O) groups excluding carboxylic acids is 1. The Labute approximate surface area is 175 Å². The Kier molecular flexibility index (Phi) is 4.94.